The Hall–Kier alpha value is -4.24. The van der Waals surface area contributed by atoms with Crippen molar-refractivity contribution in [3.63, 3.8) is 0 Å². The largest absolute Gasteiger partial charge is 0.511 e. The monoisotopic (exact) mass is 703 g/mol. The summed E-state index contributed by atoms with van der Waals surface area (Å²) in [6.07, 6.45) is 6.19. The number of fused-ring (bicyclic) bond motifs is 3. The number of halogens is 2. The maximum Gasteiger partial charge on any atom is 0.252 e. The Labute approximate surface area is 298 Å². The van der Waals surface area contributed by atoms with Gasteiger partial charge in [-0.05, 0) is 85.5 Å². The van der Waals surface area contributed by atoms with Gasteiger partial charge in [0, 0.05) is 48.6 Å². The van der Waals surface area contributed by atoms with Crippen LogP contribution in [0.3, 0.4) is 0 Å². The van der Waals surface area contributed by atoms with E-state index in [1.54, 1.807) is 24.5 Å². The van der Waals surface area contributed by atoms with E-state index in [-0.39, 0.29) is 30.9 Å². The average Bonchev–Trinajstić information content (AvgIpc) is 3.09. The van der Waals surface area contributed by atoms with Gasteiger partial charge >= 0.3 is 0 Å². The summed E-state index contributed by atoms with van der Waals surface area (Å²) in [4.78, 5) is 17.0. The van der Waals surface area contributed by atoms with Crippen LogP contribution in [0, 0.1) is 13.8 Å². The topological polar surface area (TPSA) is 102 Å². The smallest absolute Gasteiger partial charge is 0.252 e. The van der Waals surface area contributed by atoms with Crippen LogP contribution in [0.2, 0.25) is 5.02 Å². The molecule has 0 aliphatic carbocycles. The van der Waals surface area contributed by atoms with Crippen molar-refractivity contribution in [1.29, 1.82) is 0 Å². The number of alkyl halides is 1. The highest BCUT2D eigenvalue weighted by Crippen LogP contribution is 2.36. The van der Waals surface area contributed by atoms with Crippen molar-refractivity contribution in [1.82, 2.24) is 15.6 Å². The number of aromatic nitrogens is 1. The Kier molecular flexibility index (Phi) is 12.8. The van der Waals surface area contributed by atoms with Crippen LogP contribution in [-0.2, 0) is 19.8 Å². The molecular formula is C39H43Cl2N3O5. The second-order valence-corrected chi connectivity index (χ2v) is 12.9. The third kappa shape index (κ3) is 9.47. The molecule has 0 saturated heterocycles. The molecule has 1 aliphatic heterocycles. The van der Waals surface area contributed by atoms with E-state index in [1.807, 2.05) is 30.3 Å². The first-order chi connectivity index (χ1) is 23.7. The maximum absolute atomic E-state index is 12.7. The Morgan fingerprint density at radius 1 is 1.04 bits per heavy atom. The summed E-state index contributed by atoms with van der Waals surface area (Å²) in [5.41, 5.74) is 7.38. The molecule has 49 heavy (non-hydrogen) atoms. The van der Waals surface area contributed by atoms with Gasteiger partial charge in [0.05, 0.1) is 23.2 Å². The fourth-order valence-electron chi connectivity index (χ4n) is 5.79. The number of benzene rings is 3. The number of aliphatic hydroxyl groups is 1. The number of amides is 1. The second kappa shape index (κ2) is 17.4. The van der Waals surface area contributed by atoms with Gasteiger partial charge in [-0.1, -0.05) is 48.5 Å². The van der Waals surface area contributed by atoms with Gasteiger partial charge < -0.3 is 30.0 Å². The lowest BCUT2D eigenvalue weighted by Gasteiger charge is -2.21. The van der Waals surface area contributed by atoms with Crippen LogP contribution in [0.4, 0.5) is 0 Å². The summed E-state index contributed by atoms with van der Waals surface area (Å²) in [6, 6.07) is 17.3. The molecule has 1 atom stereocenters. The number of aliphatic hydroxyl groups excluding tert-OH is 1. The van der Waals surface area contributed by atoms with Crippen LogP contribution in [0.1, 0.15) is 63.9 Å². The molecule has 1 aromatic heterocycles. The van der Waals surface area contributed by atoms with Crippen LogP contribution in [0.25, 0.3) is 11.1 Å². The summed E-state index contributed by atoms with van der Waals surface area (Å²) in [5.74, 6) is 2.30. The lowest BCUT2D eigenvalue weighted by Crippen LogP contribution is -2.31. The Morgan fingerprint density at radius 2 is 1.84 bits per heavy atom. The zero-order valence-electron chi connectivity index (χ0n) is 28.0. The molecule has 10 heteroatoms. The number of hydrogen-bond donors (Lipinski definition) is 3. The predicted molar refractivity (Wildman–Crippen MR) is 195 cm³/mol. The minimum Gasteiger partial charge on any atom is -0.511 e. The third-order valence-electron chi connectivity index (χ3n) is 8.65. The van der Waals surface area contributed by atoms with E-state index in [2.05, 4.69) is 48.2 Å². The fourth-order valence-corrected chi connectivity index (χ4v) is 6.14. The van der Waals surface area contributed by atoms with E-state index in [0.29, 0.717) is 54.1 Å². The van der Waals surface area contributed by atoms with Gasteiger partial charge in [0.1, 0.15) is 36.2 Å². The quantitative estimate of drug-likeness (QED) is 0.0911. The van der Waals surface area contributed by atoms with Crippen molar-refractivity contribution in [3.8, 4) is 28.4 Å². The predicted octanol–water partition coefficient (Wildman–Crippen LogP) is 8.63. The minimum absolute atomic E-state index is 0.0538. The van der Waals surface area contributed by atoms with E-state index in [1.165, 1.54) is 0 Å². The highest BCUT2D eigenvalue weighted by Gasteiger charge is 2.18. The molecule has 0 radical (unpaired) electrons. The van der Waals surface area contributed by atoms with Gasteiger partial charge in [-0.3, -0.25) is 9.78 Å². The van der Waals surface area contributed by atoms with Crippen molar-refractivity contribution in [2.45, 2.75) is 65.3 Å². The first-order valence-electron chi connectivity index (χ1n) is 16.5. The standard InChI is InChI=1S/C39H43Cl2N3O5/c1-25-29(9-6-10-32(25)33-11-7-13-36(26(33)2)47-16-8-14-40)24-49-38-19-37-30(18-34(38)41)22-44-35(27(3)45)12-4-5-15-43-39(46)31-17-28(23-48-37)20-42-21-31/h6-7,9-11,13,17-21,35,44-45H,3-5,8,12,14-16,22-24H2,1-2H3,(H,43,46)/t35-/m0/s1. The Bertz CT molecular complexity index is 1780. The molecule has 0 spiro atoms. The zero-order valence-corrected chi connectivity index (χ0v) is 29.5. The zero-order chi connectivity index (χ0) is 34.8. The molecular weight excluding hydrogens is 661 g/mol. The van der Waals surface area contributed by atoms with Crippen LogP contribution < -0.4 is 24.8 Å². The van der Waals surface area contributed by atoms with E-state index in [9.17, 15) is 9.90 Å². The molecule has 2 heterocycles. The molecule has 5 rings (SSSR count). The van der Waals surface area contributed by atoms with Gasteiger partial charge in [-0.2, -0.15) is 0 Å². The van der Waals surface area contributed by atoms with Crippen LogP contribution in [-0.4, -0.2) is 41.1 Å². The van der Waals surface area contributed by atoms with Gasteiger partial charge in [0.25, 0.3) is 5.91 Å². The van der Waals surface area contributed by atoms with Gasteiger partial charge in [-0.25, -0.2) is 0 Å². The molecule has 0 unspecified atom stereocenters. The Morgan fingerprint density at radius 3 is 2.63 bits per heavy atom. The lowest BCUT2D eigenvalue weighted by atomic mass is 9.93. The van der Waals surface area contributed by atoms with Gasteiger partial charge in [0.2, 0.25) is 0 Å². The summed E-state index contributed by atoms with van der Waals surface area (Å²) in [6.45, 7) is 9.85. The van der Waals surface area contributed by atoms with Crippen molar-refractivity contribution in [3.05, 3.63) is 118 Å². The number of rotatable bonds is 9. The second-order valence-electron chi connectivity index (χ2n) is 12.1. The molecule has 4 aromatic rings. The SMILES string of the molecule is C=C(O)[C@@H]1CCCCNC(=O)c2cncc(c2)COc2cc(OCc3cccc(-c4cccc(OCCCCl)c4C)c3C)c(Cl)cc2CN1. The Balaban J connectivity index is 1.40. The molecule has 0 fully saturated rings. The minimum atomic E-state index is -0.333. The van der Waals surface area contributed by atoms with Crippen LogP contribution in [0.15, 0.2) is 79.3 Å². The van der Waals surface area contributed by atoms with Crippen LogP contribution in [0.5, 0.6) is 17.2 Å². The normalized spacial score (nSPS) is 15.4. The maximum atomic E-state index is 12.7. The summed E-state index contributed by atoms with van der Waals surface area (Å²) in [5, 5.41) is 17.0. The number of hydrogen-bond acceptors (Lipinski definition) is 7. The lowest BCUT2D eigenvalue weighted by molar-refractivity contribution is 0.0952. The first kappa shape index (κ1) is 36.1. The summed E-state index contributed by atoms with van der Waals surface area (Å²) >= 11 is 12.7. The molecule has 8 nitrogen and oxygen atoms in total. The van der Waals surface area contributed by atoms with Crippen molar-refractivity contribution in [2.24, 2.45) is 0 Å². The first-order valence-corrected chi connectivity index (χ1v) is 17.4. The number of carbonyl (C=O) groups excluding carboxylic acids is 1. The summed E-state index contributed by atoms with van der Waals surface area (Å²) < 4.78 is 18.7. The fraction of sp³-hybridized carbons (Fsp3) is 0.333. The van der Waals surface area contributed by atoms with Crippen molar-refractivity contribution in [2.75, 3.05) is 19.0 Å². The average molecular weight is 705 g/mol. The molecule has 2 bridgehead atoms. The van der Waals surface area contributed by atoms with Crippen molar-refractivity contribution >= 4 is 29.1 Å². The highest BCUT2D eigenvalue weighted by molar-refractivity contribution is 6.32. The van der Waals surface area contributed by atoms with E-state index in [0.717, 1.165) is 64.0 Å². The van der Waals surface area contributed by atoms with E-state index >= 15 is 0 Å². The molecule has 258 valence electrons. The molecule has 1 amide bonds. The molecule has 3 N–H and O–H groups in total. The molecule has 1 aliphatic rings. The van der Waals surface area contributed by atoms with Gasteiger partial charge in [-0.15, -0.1) is 11.6 Å². The highest BCUT2D eigenvalue weighted by atomic mass is 35.5. The van der Waals surface area contributed by atoms with Gasteiger partial charge in [0.15, 0.2) is 0 Å². The number of pyridine rings is 1. The third-order valence-corrected chi connectivity index (χ3v) is 9.21. The summed E-state index contributed by atoms with van der Waals surface area (Å²) in [7, 11) is 0. The number of ether oxygens (including phenoxy) is 3. The molecule has 3 aromatic carbocycles. The number of nitrogens with one attached hydrogen (secondary N) is 2. The molecule has 0 saturated carbocycles. The van der Waals surface area contributed by atoms with E-state index < -0.39 is 0 Å². The number of carbonyl (C=O) groups is 1. The van der Waals surface area contributed by atoms with Crippen molar-refractivity contribution < 1.29 is 24.1 Å². The van der Waals surface area contributed by atoms with Crippen LogP contribution >= 0.6 is 23.2 Å². The number of nitrogens with zero attached hydrogens (tertiary/aromatic N) is 1. The van der Waals surface area contributed by atoms with E-state index in [4.69, 9.17) is 37.4 Å².